The first-order valence-corrected chi connectivity index (χ1v) is 12.4. The van der Waals surface area contributed by atoms with Gasteiger partial charge in [0.15, 0.2) is 0 Å². The van der Waals surface area contributed by atoms with Crippen LogP contribution in [-0.4, -0.2) is 29.6 Å². The summed E-state index contributed by atoms with van der Waals surface area (Å²) in [7, 11) is 0. The topological polar surface area (TPSA) is 142 Å². The van der Waals surface area contributed by atoms with Gasteiger partial charge in [0, 0.05) is 23.9 Å². The van der Waals surface area contributed by atoms with Crippen LogP contribution in [0.2, 0.25) is 0 Å². The van der Waals surface area contributed by atoms with Crippen LogP contribution < -0.4 is 16.2 Å². The Morgan fingerprint density at radius 2 is 1.63 bits per heavy atom. The van der Waals surface area contributed by atoms with Crippen molar-refractivity contribution in [1.82, 2.24) is 0 Å². The first kappa shape index (κ1) is 28.0. The van der Waals surface area contributed by atoms with E-state index in [-0.39, 0.29) is 30.0 Å². The Bertz CT molecular complexity index is 1300. The van der Waals surface area contributed by atoms with E-state index in [4.69, 9.17) is 20.9 Å². The van der Waals surface area contributed by atoms with Gasteiger partial charge < -0.3 is 26.0 Å². The van der Waals surface area contributed by atoms with E-state index in [1.165, 1.54) is 36.6 Å². The Kier molecular flexibility index (Phi) is 10.0. The van der Waals surface area contributed by atoms with Gasteiger partial charge in [-0.1, -0.05) is 44.0 Å². The van der Waals surface area contributed by atoms with E-state index >= 15 is 0 Å². The number of carbonyl (C=O) groups excluding carboxylic acids is 2. The average Bonchev–Trinajstić information content (AvgIpc) is 2.89. The number of benzene rings is 3. The maximum absolute atomic E-state index is 12.4. The second-order valence-corrected chi connectivity index (χ2v) is 8.80. The van der Waals surface area contributed by atoms with Gasteiger partial charge in [-0.05, 0) is 72.0 Å². The number of hydrogen-bond donors (Lipinski definition) is 3. The standard InChI is InChI=1S/C30H32N2O6/c1-2-3-4-5-20-8-13-24(14-9-20)38-28(33)15-10-21-6-11-22(12-7-21)30(36)37-17-16-25-26(29(34)35)18-23(31)19-27(25)32/h6-15,18-19H,2-5,16-17,31-32H2,1H3,(H,34,35)/b15-10+. The smallest absolute Gasteiger partial charge is 0.338 e. The Morgan fingerprint density at radius 3 is 2.29 bits per heavy atom. The average molecular weight is 517 g/mol. The molecule has 0 atom stereocenters. The maximum Gasteiger partial charge on any atom is 0.338 e. The molecule has 0 aliphatic heterocycles. The zero-order chi connectivity index (χ0) is 27.5. The number of carboxylic acid groups (broad SMARTS) is 1. The minimum Gasteiger partial charge on any atom is -0.478 e. The third-order valence-corrected chi connectivity index (χ3v) is 5.89. The molecule has 0 amide bonds. The number of rotatable bonds is 12. The molecule has 3 aromatic rings. The summed E-state index contributed by atoms with van der Waals surface area (Å²) in [5.74, 6) is -1.75. The van der Waals surface area contributed by atoms with E-state index in [1.54, 1.807) is 42.5 Å². The fourth-order valence-corrected chi connectivity index (χ4v) is 3.86. The van der Waals surface area contributed by atoms with Crippen molar-refractivity contribution in [3.63, 3.8) is 0 Å². The zero-order valence-electron chi connectivity index (χ0n) is 21.3. The second-order valence-electron chi connectivity index (χ2n) is 8.80. The van der Waals surface area contributed by atoms with Gasteiger partial charge >= 0.3 is 17.9 Å². The van der Waals surface area contributed by atoms with E-state index in [1.807, 2.05) is 12.1 Å². The number of anilines is 2. The monoisotopic (exact) mass is 516 g/mol. The number of nitrogens with two attached hydrogens (primary N) is 2. The molecule has 0 heterocycles. The fraction of sp³-hybridized carbons (Fsp3) is 0.233. The van der Waals surface area contributed by atoms with E-state index in [0.717, 1.165) is 12.8 Å². The van der Waals surface area contributed by atoms with Gasteiger partial charge in [-0.15, -0.1) is 0 Å². The number of aryl methyl sites for hydroxylation is 1. The number of esters is 2. The number of ether oxygens (including phenoxy) is 2. The van der Waals surface area contributed by atoms with Gasteiger partial charge in [0.05, 0.1) is 17.7 Å². The van der Waals surface area contributed by atoms with Crippen LogP contribution in [-0.2, 0) is 22.4 Å². The molecule has 0 fully saturated rings. The summed E-state index contributed by atoms with van der Waals surface area (Å²) < 4.78 is 10.6. The lowest BCUT2D eigenvalue weighted by Crippen LogP contribution is -2.12. The van der Waals surface area contributed by atoms with Crippen LogP contribution in [0.5, 0.6) is 5.75 Å². The summed E-state index contributed by atoms with van der Waals surface area (Å²) in [4.78, 5) is 36.0. The van der Waals surface area contributed by atoms with Crippen LogP contribution in [0.4, 0.5) is 11.4 Å². The predicted molar refractivity (Wildman–Crippen MR) is 147 cm³/mol. The molecule has 0 spiro atoms. The summed E-state index contributed by atoms with van der Waals surface area (Å²) in [6, 6.07) is 16.8. The van der Waals surface area contributed by atoms with Crippen molar-refractivity contribution in [1.29, 1.82) is 0 Å². The quantitative estimate of drug-likeness (QED) is 0.0968. The van der Waals surface area contributed by atoms with Crippen molar-refractivity contribution in [2.75, 3.05) is 18.1 Å². The summed E-state index contributed by atoms with van der Waals surface area (Å²) in [6.07, 6.45) is 7.55. The van der Waals surface area contributed by atoms with E-state index in [9.17, 15) is 19.5 Å². The molecule has 0 aliphatic carbocycles. The molecule has 38 heavy (non-hydrogen) atoms. The number of carboxylic acids is 1. The summed E-state index contributed by atoms with van der Waals surface area (Å²) in [6.45, 7) is 2.11. The SMILES string of the molecule is CCCCCc1ccc(OC(=O)/C=C/c2ccc(C(=O)OCCc3c(N)cc(N)cc3C(=O)O)cc2)cc1. The van der Waals surface area contributed by atoms with Gasteiger partial charge in [-0.3, -0.25) is 0 Å². The van der Waals surface area contributed by atoms with Gasteiger partial charge in [0.1, 0.15) is 5.75 Å². The minimum atomic E-state index is -1.16. The number of unbranched alkanes of at least 4 members (excludes halogenated alkanes) is 2. The van der Waals surface area contributed by atoms with Gasteiger partial charge in [-0.25, -0.2) is 14.4 Å². The highest BCUT2D eigenvalue weighted by atomic mass is 16.5. The molecule has 0 aliphatic rings. The molecule has 3 aromatic carbocycles. The first-order valence-electron chi connectivity index (χ1n) is 12.4. The van der Waals surface area contributed by atoms with Crippen LogP contribution in [0.3, 0.4) is 0 Å². The number of carbonyl (C=O) groups is 3. The van der Waals surface area contributed by atoms with Gasteiger partial charge in [0.2, 0.25) is 0 Å². The van der Waals surface area contributed by atoms with Crippen molar-refractivity contribution < 1.29 is 29.0 Å². The Balaban J connectivity index is 1.49. The Morgan fingerprint density at radius 1 is 0.921 bits per heavy atom. The molecule has 0 saturated heterocycles. The lowest BCUT2D eigenvalue weighted by atomic mass is 10.0. The molecule has 8 heteroatoms. The van der Waals surface area contributed by atoms with Crippen molar-refractivity contribution in [2.45, 2.75) is 39.0 Å². The van der Waals surface area contributed by atoms with Crippen LogP contribution in [0.1, 0.15) is 63.6 Å². The molecule has 3 rings (SSSR count). The lowest BCUT2D eigenvalue weighted by molar-refractivity contribution is -0.128. The normalized spacial score (nSPS) is 10.9. The van der Waals surface area contributed by atoms with Crippen molar-refractivity contribution in [3.8, 4) is 5.75 Å². The molecule has 0 unspecified atom stereocenters. The molecule has 0 aromatic heterocycles. The lowest BCUT2D eigenvalue weighted by Gasteiger charge is -2.11. The molecule has 0 radical (unpaired) electrons. The van der Waals surface area contributed by atoms with E-state index in [0.29, 0.717) is 22.4 Å². The fourth-order valence-electron chi connectivity index (χ4n) is 3.86. The third-order valence-electron chi connectivity index (χ3n) is 5.89. The van der Waals surface area contributed by atoms with Gasteiger partial charge in [0.25, 0.3) is 0 Å². The van der Waals surface area contributed by atoms with Crippen LogP contribution in [0, 0.1) is 0 Å². The minimum absolute atomic E-state index is 0.0207. The molecule has 0 saturated carbocycles. The predicted octanol–water partition coefficient (Wildman–Crippen LogP) is 5.30. The largest absolute Gasteiger partial charge is 0.478 e. The second kappa shape index (κ2) is 13.6. The Labute approximate surface area is 221 Å². The number of nitrogen functional groups attached to an aromatic ring is 2. The summed E-state index contributed by atoms with van der Waals surface area (Å²) >= 11 is 0. The highest BCUT2D eigenvalue weighted by Gasteiger charge is 2.15. The Hall–Kier alpha value is -4.59. The maximum atomic E-state index is 12.4. The van der Waals surface area contributed by atoms with Crippen molar-refractivity contribution in [2.24, 2.45) is 0 Å². The molecule has 8 nitrogen and oxygen atoms in total. The third kappa shape index (κ3) is 8.23. The van der Waals surface area contributed by atoms with Gasteiger partial charge in [-0.2, -0.15) is 0 Å². The van der Waals surface area contributed by atoms with E-state index in [2.05, 4.69) is 6.92 Å². The zero-order valence-corrected chi connectivity index (χ0v) is 21.3. The number of hydrogen-bond acceptors (Lipinski definition) is 7. The summed E-state index contributed by atoms with van der Waals surface area (Å²) in [5.41, 5.74) is 14.6. The van der Waals surface area contributed by atoms with E-state index < -0.39 is 17.9 Å². The highest BCUT2D eigenvalue weighted by molar-refractivity contribution is 5.93. The van der Waals surface area contributed by atoms with Crippen molar-refractivity contribution >= 4 is 35.4 Å². The molecular weight excluding hydrogens is 484 g/mol. The van der Waals surface area contributed by atoms with Crippen LogP contribution in [0.15, 0.2) is 66.7 Å². The number of aromatic carboxylic acids is 1. The highest BCUT2D eigenvalue weighted by Crippen LogP contribution is 2.22. The summed E-state index contributed by atoms with van der Waals surface area (Å²) in [5, 5.41) is 9.37. The molecule has 0 bridgehead atoms. The molecule has 5 N–H and O–H groups in total. The van der Waals surface area contributed by atoms with Crippen LogP contribution >= 0.6 is 0 Å². The molecular formula is C30H32N2O6. The van der Waals surface area contributed by atoms with Crippen molar-refractivity contribution in [3.05, 3.63) is 94.6 Å². The molecule has 198 valence electrons. The van der Waals surface area contributed by atoms with Crippen LogP contribution in [0.25, 0.3) is 6.08 Å². The first-order chi connectivity index (χ1) is 18.3.